The van der Waals surface area contributed by atoms with Gasteiger partial charge in [0.2, 0.25) is 11.8 Å². The van der Waals surface area contributed by atoms with Crippen LogP contribution >= 0.6 is 0 Å². The lowest BCUT2D eigenvalue weighted by molar-refractivity contribution is -0.118. The van der Waals surface area contributed by atoms with E-state index in [1.165, 1.54) is 12.8 Å². The Hall–Kier alpha value is -1.88. The van der Waals surface area contributed by atoms with E-state index in [0.29, 0.717) is 18.3 Å². The summed E-state index contributed by atoms with van der Waals surface area (Å²) in [4.78, 5) is 23.0. The highest BCUT2D eigenvalue weighted by Crippen LogP contribution is 2.23. The minimum atomic E-state index is -0.355. The minimum Gasteiger partial charge on any atom is -0.369 e. The predicted octanol–water partition coefficient (Wildman–Crippen LogP) is 1.68. The molecule has 2 atom stereocenters. The Bertz CT molecular complexity index is 507. The van der Waals surface area contributed by atoms with E-state index < -0.39 is 0 Å². The summed E-state index contributed by atoms with van der Waals surface area (Å²) in [5, 5.41) is 6.31. The van der Waals surface area contributed by atoms with E-state index in [1.54, 1.807) is 0 Å². The Morgan fingerprint density at radius 2 is 2.09 bits per heavy atom. The van der Waals surface area contributed by atoms with Crippen molar-refractivity contribution < 1.29 is 9.59 Å². The third-order valence-corrected chi connectivity index (χ3v) is 4.26. The summed E-state index contributed by atoms with van der Waals surface area (Å²) in [6.07, 6.45) is 3.15. The highest BCUT2D eigenvalue weighted by molar-refractivity contribution is 5.90. The van der Waals surface area contributed by atoms with Crippen molar-refractivity contribution in [3.05, 3.63) is 29.8 Å². The van der Waals surface area contributed by atoms with E-state index in [4.69, 9.17) is 5.73 Å². The second-order valence-electron chi connectivity index (χ2n) is 6.18. The predicted molar refractivity (Wildman–Crippen MR) is 87.3 cm³/mol. The smallest absolute Gasteiger partial charge is 0.224 e. The van der Waals surface area contributed by atoms with Crippen molar-refractivity contribution >= 4 is 17.5 Å². The normalized spacial score (nSPS) is 19.4. The summed E-state index contributed by atoms with van der Waals surface area (Å²) in [5.41, 5.74) is 6.77. The van der Waals surface area contributed by atoms with Crippen LogP contribution in [0.5, 0.6) is 0 Å². The molecule has 22 heavy (non-hydrogen) atoms. The van der Waals surface area contributed by atoms with E-state index in [9.17, 15) is 9.59 Å². The fourth-order valence-corrected chi connectivity index (χ4v) is 2.94. The number of hydrogen-bond acceptors (Lipinski definition) is 3. The number of carbonyl (C=O) groups is 2. The van der Waals surface area contributed by atoms with E-state index in [-0.39, 0.29) is 18.2 Å². The number of anilines is 1. The second kappa shape index (κ2) is 7.94. The van der Waals surface area contributed by atoms with Gasteiger partial charge in [-0.2, -0.15) is 0 Å². The van der Waals surface area contributed by atoms with Crippen molar-refractivity contribution in [2.45, 2.75) is 32.6 Å². The van der Waals surface area contributed by atoms with Crippen molar-refractivity contribution in [3.8, 4) is 0 Å². The van der Waals surface area contributed by atoms with Gasteiger partial charge in [0.25, 0.3) is 0 Å². The van der Waals surface area contributed by atoms with Gasteiger partial charge in [-0.25, -0.2) is 0 Å². The van der Waals surface area contributed by atoms with E-state index in [1.807, 2.05) is 24.3 Å². The van der Waals surface area contributed by atoms with Crippen molar-refractivity contribution in [2.75, 3.05) is 18.4 Å². The fourth-order valence-electron chi connectivity index (χ4n) is 2.94. The molecule has 1 aliphatic rings. The summed E-state index contributed by atoms with van der Waals surface area (Å²) in [5.74, 6) is 0.645. The minimum absolute atomic E-state index is 0.0423. The summed E-state index contributed by atoms with van der Waals surface area (Å²) in [6, 6.07) is 7.25. The van der Waals surface area contributed by atoms with Gasteiger partial charge in [0, 0.05) is 12.1 Å². The van der Waals surface area contributed by atoms with Crippen LogP contribution in [-0.2, 0) is 16.0 Å². The van der Waals surface area contributed by atoms with Crippen LogP contribution in [0.25, 0.3) is 0 Å². The molecule has 2 amide bonds. The Labute approximate surface area is 131 Å². The number of nitrogens with one attached hydrogen (secondary N) is 2. The molecule has 4 N–H and O–H groups in total. The fraction of sp³-hybridized carbons (Fsp3) is 0.529. The zero-order chi connectivity index (χ0) is 15.9. The number of carbonyl (C=O) groups excluding carboxylic acids is 2. The largest absolute Gasteiger partial charge is 0.369 e. The molecule has 0 bridgehead atoms. The van der Waals surface area contributed by atoms with Gasteiger partial charge in [-0.1, -0.05) is 19.1 Å². The molecule has 1 heterocycles. The average molecular weight is 303 g/mol. The van der Waals surface area contributed by atoms with E-state index in [0.717, 1.165) is 24.3 Å². The van der Waals surface area contributed by atoms with Crippen LogP contribution in [0.3, 0.4) is 0 Å². The first-order chi connectivity index (χ1) is 10.5. The Balaban J connectivity index is 1.82. The number of rotatable bonds is 6. The number of nitrogens with two attached hydrogens (primary N) is 1. The summed E-state index contributed by atoms with van der Waals surface area (Å²) >= 11 is 0. The first kappa shape index (κ1) is 16.5. The molecule has 1 aromatic rings. The molecule has 0 aliphatic carbocycles. The van der Waals surface area contributed by atoms with Gasteiger partial charge in [-0.05, 0) is 55.5 Å². The van der Waals surface area contributed by atoms with Crippen LogP contribution in [0.1, 0.15) is 31.7 Å². The molecular weight excluding hydrogens is 278 g/mol. The van der Waals surface area contributed by atoms with E-state index >= 15 is 0 Å². The lowest BCUT2D eigenvalue weighted by Gasteiger charge is -2.28. The summed E-state index contributed by atoms with van der Waals surface area (Å²) < 4.78 is 0. The highest BCUT2D eigenvalue weighted by atomic mass is 16.1. The molecule has 1 aromatic carbocycles. The second-order valence-corrected chi connectivity index (χ2v) is 6.18. The molecule has 0 radical (unpaired) electrons. The quantitative estimate of drug-likeness (QED) is 0.747. The molecule has 2 rings (SSSR count). The molecular formula is C17H25N3O2. The van der Waals surface area contributed by atoms with E-state index in [2.05, 4.69) is 17.6 Å². The molecule has 1 saturated heterocycles. The van der Waals surface area contributed by atoms with Gasteiger partial charge in [0.1, 0.15) is 0 Å². The molecule has 2 unspecified atom stereocenters. The summed E-state index contributed by atoms with van der Waals surface area (Å²) in [6.45, 7) is 4.25. The Morgan fingerprint density at radius 1 is 1.36 bits per heavy atom. The monoisotopic (exact) mass is 303 g/mol. The maximum atomic E-state index is 12.1. The van der Waals surface area contributed by atoms with Crippen molar-refractivity contribution in [2.24, 2.45) is 17.6 Å². The van der Waals surface area contributed by atoms with Crippen molar-refractivity contribution in [3.63, 3.8) is 0 Å². The van der Waals surface area contributed by atoms with Gasteiger partial charge < -0.3 is 16.4 Å². The molecule has 5 heteroatoms. The highest BCUT2D eigenvalue weighted by Gasteiger charge is 2.21. The lowest BCUT2D eigenvalue weighted by Crippen LogP contribution is -2.34. The van der Waals surface area contributed by atoms with Gasteiger partial charge in [0.05, 0.1) is 6.42 Å². The van der Waals surface area contributed by atoms with Crippen LogP contribution in [0, 0.1) is 11.8 Å². The first-order valence-corrected chi connectivity index (χ1v) is 7.92. The lowest BCUT2D eigenvalue weighted by atomic mass is 9.85. The maximum absolute atomic E-state index is 12.1. The van der Waals surface area contributed by atoms with Crippen LogP contribution < -0.4 is 16.4 Å². The van der Waals surface area contributed by atoms with Gasteiger partial charge in [0.15, 0.2) is 0 Å². The molecule has 0 aromatic heterocycles. The Morgan fingerprint density at radius 3 is 2.68 bits per heavy atom. The molecule has 5 nitrogen and oxygen atoms in total. The topological polar surface area (TPSA) is 84.2 Å². The first-order valence-electron chi connectivity index (χ1n) is 7.92. The molecule has 0 saturated carbocycles. The third kappa shape index (κ3) is 5.15. The third-order valence-electron chi connectivity index (χ3n) is 4.26. The number of piperidine rings is 1. The van der Waals surface area contributed by atoms with Gasteiger partial charge in [-0.15, -0.1) is 0 Å². The standard InChI is InChI=1S/C17H25N3O2/c1-12(14-3-2-8-19-11-14)9-17(22)20-15-6-4-13(5-7-15)10-16(18)21/h4-7,12,14,19H,2-3,8-11H2,1H3,(H2,18,21)(H,20,22). The SMILES string of the molecule is CC(CC(=O)Nc1ccc(CC(N)=O)cc1)C1CCCNC1. The van der Waals surface area contributed by atoms with Gasteiger partial charge in [-0.3, -0.25) is 9.59 Å². The van der Waals surface area contributed by atoms with Crippen molar-refractivity contribution in [1.29, 1.82) is 0 Å². The number of primary amides is 1. The van der Waals surface area contributed by atoms with Crippen LogP contribution in [0.2, 0.25) is 0 Å². The van der Waals surface area contributed by atoms with Crippen LogP contribution in [0.15, 0.2) is 24.3 Å². The molecule has 0 spiro atoms. The van der Waals surface area contributed by atoms with Crippen LogP contribution in [0.4, 0.5) is 5.69 Å². The van der Waals surface area contributed by atoms with Crippen LogP contribution in [-0.4, -0.2) is 24.9 Å². The Kier molecular flexibility index (Phi) is 5.95. The van der Waals surface area contributed by atoms with Crippen molar-refractivity contribution in [1.82, 2.24) is 5.32 Å². The zero-order valence-corrected chi connectivity index (χ0v) is 13.1. The zero-order valence-electron chi connectivity index (χ0n) is 13.1. The number of hydrogen-bond donors (Lipinski definition) is 3. The molecule has 1 aliphatic heterocycles. The van der Waals surface area contributed by atoms with Gasteiger partial charge >= 0.3 is 0 Å². The average Bonchev–Trinajstić information content (AvgIpc) is 2.49. The molecule has 120 valence electrons. The number of benzene rings is 1. The number of amides is 2. The maximum Gasteiger partial charge on any atom is 0.224 e. The molecule has 1 fully saturated rings. The summed E-state index contributed by atoms with van der Waals surface area (Å²) in [7, 11) is 0.